The number of halogens is 1. The fraction of sp³-hybridized carbons (Fsp3) is 0.727. The molecule has 19 heavy (non-hydrogen) atoms. The molecule has 1 amide bonds. The van der Waals surface area contributed by atoms with Crippen LogP contribution in [0.15, 0.2) is 0 Å². The molecule has 0 unspecified atom stereocenters. The van der Waals surface area contributed by atoms with Gasteiger partial charge in [0.25, 0.3) is 0 Å². The predicted molar refractivity (Wildman–Crippen MR) is 68.5 cm³/mol. The van der Waals surface area contributed by atoms with Crippen molar-refractivity contribution in [3.05, 3.63) is 0 Å². The third-order valence-electron chi connectivity index (χ3n) is 3.19. The number of alkyl halides is 1. The van der Waals surface area contributed by atoms with Crippen molar-refractivity contribution in [2.75, 3.05) is 12.7 Å². The number of carbonyl (C=O) groups excluding carboxylic acids is 3. The van der Waals surface area contributed by atoms with Gasteiger partial charge in [0.2, 0.25) is 5.91 Å². The standard InChI is InChI=1S/C11H14ClNO5S/c1-6(14)17-4-11(2)9(10(16)18-5-12)13-7(15)3-8(13)19-11/h8-9H,3-5H2,1-2H3/t8-,9+,11+/m1/s1. The molecule has 0 aliphatic carbocycles. The molecule has 0 radical (unpaired) electrons. The van der Waals surface area contributed by atoms with Crippen LogP contribution >= 0.6 is 23.4 Å². The average molecular weight is 308 g/mol. The van der Waals surface area contributed by atoms with Crippen molar-refractivity contribution in [2.24, 2.45) is 0 Å². The van der Waals surface area contributed by atoms with E-state index in [0.717, 1.165) is 0 Å². The van der Waals surface area contributed by atoms with E-state index >= 15 is 0 Å². The first-order valence-electron chi connectivity index (χ1n) is 5.74. The zero-order chi connectivity index (χ0) is 14.2. The summed E-state index contributed by atoms with van der Waals surface area (Å²) in [5.74, 6) is -1.08. The van der Waals surface area contributed by atoms with E-state index in [2.05, 4.69) is 0 Å². The molecule has 2 saturated heterocycles. The number of β-lactam (4-membered cyclic amide) rings is 1. The van der Waals surface area contributed by atoms with Crippen LogP contribution in [0.2, 0.25) is 0 Å². The van der Waals surface area contributed by atoms with Crippen molar-refractivity contribution in [1.82, 2.24) is 4.90 Å². The fourth-order valence-corrected chi connectivity index (χ4v) is 4.11. The van der Waals surface area contributed by atoms with Crippen molar-refractivity contribution in [3.63, 3.8) is 0 Å². The maximum atomic E-state index is 12.0. The third kappa shape index (κ3) is 2.53. The van der Waals surface area contributed by atoms with E-state index in [1.165, 1.54) is 23.6 Å². The number of esters is 2. The molecular formula is C11H14ClNO5S. The summed E-state index contributed by atoms with van der Waals surface area (Å²) in [7, 11) is 0. The van der Waals surface area contributed by atoms with E-state index in [0.29, 0.717) is 6.42 Å². The van der Waals surface area contributed by atoms with Gasteiger partial charge in [0, 0.05) is 6.92 Å². The Bertz CT molecular complexity index is 431. The number of thioether (sulfide) groups is 1. The number of nitrogens with zero attached hydrogens (tertiary/aromatic N) is 1. The average Bonchev–Trinajstić information content (AvgIpc) is 2.56. The van der Waals surface area contributed by atoms with E-state index in [1.807, 2.05) is 0 Å². The van der Waals surface area contributed by atoms with Crippen molar-refractivity contribution in [2.45, 2.75) is 36.4 Å². The number of hydrogen-bond acceptors (Lipinski definition) is 6. The molecule has 8 heteroatoms. The molecule has 2 aliphatic rings. The summed E-state index contributed by atoms with van der Waals surface area (Å²) in [5, 5.41) is -0.0547. The summed E-state index contributed by atoms with van der Waals surface area (Å²) in [6, 6.07) is -1.03. The van der Waals surface area contributed by atoms with Crippen LogP contribution in [-0.2, 0) is 23.9 Å². The topological polar surface area (TPSA) is 72.9 Å². The quantitative estimate of drug-likeness (QED) is 0.433. The van der Waals surface area contributed by atoms with Gasteiger partial charge in [-0.05, 0) is 6.92 Å². The molecule has 2 fully saturated rings. The Morgan fingerprint density at radius 1 is 1.53 bits per heavy atom. The SMILES string of the molecule is CC(=O)OC[C@]1(C)S[C@@H]2CC(=O)N2[C@H]1C(=O)OCCl. The van der Waals surface area contributed by atoms with Crippen LogP contribution in [0, 0.1) is 0 Å². The van der Waals surface area contributed by atoms with Crippen LogP contribution in [0.5, 0.6) is 0 Å². The normalized spacial score (nSPS) is 32.6. The Kier molecular flexibility index (Phi) is 3.96. The predicted octanol–water partition coefficient (Wildman–Crippen LogP) is 0.721. The zero-order valence-corrected chi connectivity index (χ0v) is 12.1. The van der Waals surface area contributed by atoms with E-state index in [1.54, 1.807) is 6.92 Å². The molecule has 2 heterocycles. The lowest BCUT2D eigenvalue weighted by molar-refractivity contribution is -0.161. The van der Waals surface area contributed by atoms with Gasteiger partial charge >= 0.3 is 11.9 Å². The molecule has 106 valence electrons. The van der Waals surface area contributed by atoms with Gasteiger partial charge in [-0.3, -0.25) is 9.59 Å². The van der Waals surface area contributed by atoms with Gasteiger partial charge < -0.3 is 14.4 Å². The monoisotopic (exact) mass is 307 g/mol. The lowest BCUT2D eigenvalue weighted by Crippen LogP contribution is -2.58. The van der Waals surface area contributed by atoms with Gasteiger partial charge in [0.15, 0.2) is 6.07 Å². The second kappa shape index (κ2) is 5.20. The van der Waals surface area contributed by atoms with Gasteiger partial charge in [0.05, 0.1) is 16.5 Å². The number of amides is 1. The van der Waals surface area contributed by atoms with Crippen molar-refractivity contribution in [3.8, 4) is 0 Å². The summed E-state index contributed by atoms with van der Waals surface area (Å²) in [6.07, 6.45) is 0.394. The van der Waals surface area contributed by atoms with Crippen LogP contribution in [0.3, 0.4) is 0 Å². The molecule has 6 nitrogen and oxygen atoms in total. The van der Waals surface area contributed by atoms with Crippen LogP contribution < -0.4 is 0 Å². The number of carbonyl (C=O) groups is 3. The molecular weight excluding hydrogens is 294 g/mol. The van der Waals surface area contributed by atoms with Gasteiger partial charge in [0.1, 0.15) is 12.6 Å². The summed E-state index contributed by atoms with van der Waals surface area (Å²) in [5.41, 5.74) is 0. The number of ether oxygens (including phenoxy) is 2. The molecule has 0 bridgehead atoms. The summed E-state index contributed by atoms with van der Waals surface area (Å²) in [4.78, 5) is 36.0. The molecule has 0 aromatic heterocycles. The third-order valence-corrected chi connectivity index (χ3v) is 4.85. The molecule has 0 aromatic rings. The van der Waals surface area contributed by atoms with Crippen molar-refractivity contribution < 1.29 is 23.9 Å². The Morgan fingerprint density at radius 3 is 2.74 bits per heavy atom. The first-order valence-corrected chi connectivity index (χ1v) is 7.15. The number of fused-ring (bicyclic) bond motifs is 1. The maximum absolute atomic E-state index is 12.0. The van der Waals surface area contributed by atoms with Crippen LogP contribution in [-0.4, -0.2) is 51.6 Å². The van der Waals surface area contributed by atoms with Crippen molar-refractivity contribution in [1.29, 1.82) is 0 Å². The zero-order valence-electron chi connectivity index (χ0n) is 10.6. The van der Waals surface area contributed by atoms with Gasteiger partial charge in [-0.1, -0.05) is 11.6 Å². The van der Waals surface area contributed by atoms with Gasteiger partial charge in [-0.15, -0.1) is 11.8 Å². The second-order valence-corrected chi connectivity index (χ2v) is 6.58. The maximum Gasteiger partial charge on any atom is 0.331 e. The van der Waals surface area contributed by atoms with Crippen LogP contribution in [0.1, 0.15) is 20.3 Å². The van der Waals surface area contributed by atoms with Crippen LogP contribution in [0.4, 0.5) is 0 Å². The first-order chi connectivity index (χ1) is 8.89. The second-order valence-electron chi connectivity index (χ2n) is 4.65. The van der Waals surface area contributed by atoms with Gasteiger partial charge in [-0.2, -0.15) is 0 Å². The van der Waals surface area contributed by atoms with Crippen molar-refractivity contribution >= 4 is 41.2 Å². The highest BCUT2D eigenvalue weighted by molar-refractivity contribution is 8.01. The van der Waals surface area contributed by atoms with E-state index in [9.17, 15) is 14.4 Å². The summed E-state index contributed by atoms with van der Waals surface area (Å²) >= 11 is 6.85. The Morgan fingerprint density at radius 2 is 2.21 bits per heavy atom. The van der Waals surface area contributed by atoms with Gasteiger partial charge in [-0.25, -0.2) is 4.79 Å². The van der Waals surface area contributed by atoms with E-state index in [4.69, 9.17) is 21.1 Å². The molecule has 2 rings (SSSR count). The lowest BCUT2D eigenvalue weighted by atomic mass is 9.97. The smallest absolute Gasteiger partial charge is 0.331 e. The minimum absolute atomic E-state index is 0.0509. The van der Waals surface area contributed by atoms with Crippen LogP contribution in [0.25, 0.3) is 0 Å². The summed E-state index contributed by atoms with van der Waals surface area (Å²) < 4.78 is 9.11. The molecule has 3 atom stereocenters. The number of rotatable bonds is 4. The minimum atomic E-state index is -0.762. The highest BCUT2D eigenvalue weighted by atomic mass is 35.5. The Hall–Kier alpha value is -0.950. The van der Waals surface area contributed by atoms with E-state index in [-0.39, 0.29) is 24.0 Å². The fourth-order valence-electron chi connectivity index (χ4n) is 2.33. The number of hydrogen-bond donors (Lipinski definition) is 0. The Labute approximate surface area is 119 Å². The highest BCUT2D eigenvalue weighted by Gasteiger charge is 2.61. The first kappa shape index (κ1) is 14.5. The molecule has 2 aliphatic heterocycles. The molecule has 0 aromatic carbocycles. The van der Waals surface area contributed by atoms with E-state index < -0.39 is 22.7 Å². The molecule has 0 saturated carbocycles. The highest BCUT2D eigenvalue weighted by Crippen LogP contribution is 2.51. The molecule has 0 spiro atoms. The lowest BCUT2D eigenvalue weighted by Gasteiger charge is -2.37. The molecule has 0 N–H and O–H groups in total. The summed E-state index contributed by atoms with van der Waals surface area (Å²) in [6.45, 7) is 3.14. The minimum Gasteiger partial charge on any atom is -0.464 e. The Balaban J connectivity index is 2.18. The largest absolute Gasteiger partial charge is 0.464 e.